The van der Waals surface area contributed by atoms with Crippen molar-refractivity contribution in [2.45, 2.75) is 44.6 Å². The number of rotatable bonds is 4. The topological polar surface area (TPSA) is 12.0 Å². The Bertz CT molecular complexity index is 398. The molecule has 0 aliphatic heterocycles. The van der Waals surface area contributed by atoms with Gasteiger partial charge in [-0.05, 0) is 43.0 Å². The van der Waals surface area contributed by atoms with E-state index >= 15 is 0 Å². The van der Waals surface area contributed by atoms with E-state index in [1.807, 2.05) is 0 Å². The van der Waals surface area contributed by atoms with Gasteiger partial charge in [-0.1, -0.05) is 19.3 Å². The largest absolute Gasteiger partial charge is 0.381 e. The maximum absolute atomic E-state index is 12.9. The van der Waals surface area contributed by atoms with Crippen molar-refractivity contribution >= 4 is 5.69 Å². The summed E-state index contributed by atoms with van der Waals surface area (Å²) in [5.41, 5.74) is 0.960. The lowest BCUT2D eigenvalue weighted by molar-refractivity contribution is 0.320. The molecule has 1 fully saturated rings. The highest BCUT2D eigenvalue weighted by Crippen LogP contribution is 2.29. The van der Waals surface area contributed by atoms with Gasteiger partial charge in [-0.2, -0.15) is 0 Å². The molecule has 0 bridgehead atoms. The Morgan fingerprint density at radius 2 is 1.89 bits per heavy atom. The lowest BCUT2D eigenvalue weighted by Gasteiger charge is -2.30. The summed E-state index contributed by atoms with van der Waals surface area (Å²) in [6, 6.07) is 6.84. The van der Waals surface area contributed by atoms with Crippen LogP contribution in [0.3, 0.4) is 0 Å². The van der Waals surface area contributed by atoms with Crippen LogP contribution >= 0.6 is 0 Å². The lowest BCUT2D eigenvalue weighted by Crippen LogP contribution is -2.30. The zero-order valence-corrected chi connectivity index (χ0v) is 10.7. The van der Waals surface area contributed by atoms with Gasteiger partial charge in [0.1, 0.15) is 5.82 Å². The minimum absolute atomic E-state index is 0.202. The quantitative estimate of drug-likeness (QED) is 0.783. The third kappa shape index (κ3) is 3.50. The molecule has 1 nitrogen and oxygen atoms in total. The molecular formula is C16H20FN. The van der Waals surface area contributed by atoms with Gasteiger partial charge in [-0.15, -0.1) is 12.3 Å². The van der Waals surface area contributed by atoms with E-state index in [9.17, 15) is 4.39 Å². The van der Waals surface area contributed by atoms with Gasteiger partial charge in [0, 0.05) is 18.2 Å². The molecule has 1 aromatic rings. The number of anilines is 1. The molecular weight excluding hydrogens is 225 g/mol. The SMILES string of the molecule is C#CCC(Nc1ccc(F)cc1)C1CCCCC1. The fraction of sp³-hybridized carbons (Fsp3) is 0.500. The maximum atomic E-state index is 12.9. The van der Waals surface area contributed by atoms with Gasteiger partial charge in [0.05, 0.1) is 0 Å². The van der Waals surface area contributed by atoms with Gasteiger partial charge < -0.3 is 5.32 Å². The van der Waals surface area contributed by atoms with Crippen LogP contribution in [0.2, 0.25) is 0 Å². The van der Waals surface area contributed by atoms with E-state index in [1.165, 1.54) is 44.2 Å². The van der Waals surface area contributed by atoms with Crippen LogP contribution in [-0.4, -0.2) is 6.04 Å². The number of hydrogen-bond donors (Lipinski definition) is 1. The second kappa shape index (κ2) is 6.44. The fourth-order valence-corrected chi connectivity index (χ4v) is 2.76. The Morgan fingerprint density at radius 3 is 2.50 bits per heavy atom. The fourth-order valence-electron chi connectivity index (χ4n) is 2.76. The lowest BCUT2D eigenvalue weighted by atomic mass is 9.82. The van der Waals surface area contributed by atoms with Gasteiger partial charge in [0.25, 0.3) is 0 Å². The summed E-state index contributed by atoms with van der Waals surface area (Å²) in [7, 11) is 0. The number of nitrogens with one attached hydrogen (secondary N) is 1. The molecule has 0 aromatic heterocycles. The summed E-state index contributed by atoms with van der Waals surface area (Å²) in [5, 5.41) is 3.47. The Labute approximate surface area is 109 Å². The van der Waals surface area contributed by atoms with Crippen molar-refractivity contribution in [2.24, 2.45) is 5.92 Å². The molecule has 1 aliphatic rings. The molecule has 18 heavy (non-hydrogen) atoms. The van der Waals surface area contributed by atoms with Crippen molar-refractivity contribution in [3.63, 3.8) is 0 Å². The van der Waals surface area contributed by atoms with Gasteiger partial charge in [0.2, 0.25) is 0 Å². The number of halogens is 1. The smallest absolute Gasteiger partial charge is 0.123 e. The van der Waals surface area contributed by atoms with Crippen LogP contribution in [0.25, 0.3) is 0 Å². The highest BCUT2D eigenvalue weighted by Gasteiger charge is 2.22. The van der Waals surface area contributed by atoms with Crippen LogP contribution in [0.1, 0.15) is 38.5 Å². The van der Waals surface area contributed by atoms with Crippen molar-refractivity contribution in [3.8, 4) is 12.3 Å². The van der Waals surface area contributed by atoms with Crippen molar-refractivity contribution < 1.29 is 4.39 Å². The van der Waals surface area contributed by atoms with Gasteiger partial charge in [-0.25, -0.2) is 4.39 Å². The normalized spacial score (nSPS) is 18.0. The second-order valence-corrected chi connectivity index (χ2v) is 5.06. The standard InChI is InChI=1S/C16H20FN/c1-2-6-16(13-7-4-3-5-8-13)18-15-11-9-14(17)10-12-15/h1,9-13,16,18H,3-8H2. The highest BCUT2D eigenvalue weighted by atomic mass is 19.1. The van der Waals surface area contributed by atoms with Crippen molar-refractivity contribution in [2.75, 3.05) is 5.32 Å². The van der Waals surface area contributed by atoms with Crippen LogP contribution in [0, 0.1) is 24.1 Å². The molecule has 0 radical (unpaired) electrons. The zero-order chi connectivity index (χ0) is 12.8. The van der Waals surface area contributed by atoms with Crippen LogP contribution in [0.4, 0.5) is 10.1 Å². The van der Waals surface area contributed by atoms with Crippen molar-refractivity contribution in [1.29, 1.82) is 0 Å². The first kappa shape index (κ1) is 13.0. The Balaban J connectivity index is 2.01. The van der Waals surface area contributed by atoms with Gasteiger partial charge >= 0.3 is 0 Å². The monoisotopic (exact) mass is 245 g/mol. The highest BCUT2D eigenvalue weighted by molar-refractivity contribution is 5.44. The van der Waals surface area contributed by atoms with Crippen molar-refractivity contribution in [3.05, 3.63) is 30.1 Å². The van der Waals surface area contributed by atoms with E-state index < -0.39 is 0 Å². The summed E-state index contributed by atoms with van der Waals surface area (Å²) in [6.45, 7) is 0. The van der Waals surface area contributed by atoms with Crippen LogP contribution in [-0.2, 0) is 0 Å². The Morgan fingerprint density at radius 1 is 1.22 bits per heavy atom. The molecule has 96 valence electrons. The average molecular weight is 245 g/mol. The Hall–Kier alpha value is -1.49. The molecule has 0 amide bonds. The van der Waals surface area contributed by atoms with Gasteiger partial charge in [-0.3, -0.25) is 0 Å². The van der Waals surface area contributed by atoms with E-state index in [0.717, 1.165) is 12.1 Å². The van der Waals surface area contributed by atoms with E-state index in [-0.39, 0.29) is 5.82 Å². The molecule has 1 saturated carbocycles. The summed E-state index contributed by atoms with van der Waals surface area (Å²) < 4.78 is 12.9. The summed E-state index contributed by atoms with van der Waals surface area (Å²) in [5.74, 6) is 3.21. The molecule has 0 spiro atoms. The van der Waals surface area contributed by atoms with Gasteiger partial charge in [0.15, 0.2) is 0 Å². The van der Waals surface area contributed by atoms with Crippen LogP contribution in [0.5, 0.6) is 0 Å². The number of hydrogen-bond acceptors (Lipinski definition) is 1. The second-order valence-electron chi connectivity index (χ2n) is 5.06. The molecule has 0 saturated heterocycles. The van der Waals surface area contributed by atoms with E-state index in [2.05, 4.69) is 11.2 Å². The third-order valence-electron chi connectivity index (χ3n) is 3.75. The molecule has 1 N–H and O–H groups in total. The Kier molecular flexibility index (Phi) is 4.64. The van der Waals surface area contributed by atoms with E-state index in [4.69, 9.17) is 6.42 Å². The minimum Gasteiger partial charge on any atom is -0.381 e. The minimum atomic E-state index is -0.202. The van der Waals surface area contributed by atoms with Crippen molar-refractivity contribution in [1.82, 2.24) is 0 Å². The summed E-state index contributed by atoms with van der Waals surface area (Å²) in [6.07, 6.45) is 12.7. The number of benzene rings is 1. The molecule has 1 aliphatic carbocycles. The summed E-state index contributed by atoms with van der Waals surface area (Å²) >= 11 is 0. The molecule has 1 aromatic carbocycles. The molecule has 2 heteroatoms. The molecule has 0 heterocycles. The predicted molar refractivity (Wildman–Crippen MR) is 73.8 cm³/mol. The first-order valence-electron chi connectivity index (χ1n) is 6.75. The van der Waals surface area contributed by atoms with Crippen LogP contribution < -0.4 is 5.32 Å². The number of terminal acetylenes is 1. The average Bonchev–Trinajstić information content (AvgIpc) is 2.42. The van der Waals surface area contributed by atoms with E-state index in [0.29, 0.717) is 12.0 Å². The molecule has 2 rings (SSSR count). The molecule has 1 unspecified atom stereocenters. The zero-order valence-electron chi connectivity index (χ0n) is 10.7. The van der Waals surface area contributed by atoms with E-state index in [1.54, 1.807) is 12.1 Å². The first-order valence-corrected chi connectivity index (χ1v) is 6.75. The first-order chi connectivity index (χ1) is 8.79. The third-order valence-corrected chi connectivity index (χ3v) is 3.75. The predicted octanol–water partition coefficient (Wildman–Crippen LogP) is 4.21. The molecule has 1 atom stereocenters. The maximum Gasteiger partial charge on any atom is 0.123 e. The summed E-state index contributed by atoms with van der Waals surface area (Å²) in [4.78, 5) is 0. The van der Waals surface area contributed by atoms with Crippen LogP contribution in [0.15, 0.2) is 24.3 Å².